The predicted octanol–water partition coefficient (Wildman–Crippen LogP) is -1.89. The number of carbonyl (C=O) groups is 2. The fourth-order valence-electron chi connectivity index (χ4n) is 1.46. The molecule has 1 aromatic rings. The molecule has 0 unspecified atom stereocenters. The number of carboxylic acid groups (broad SMARTS) is 1. The number of sulfonamides is 1. The summed E-state index contributed by atoms with van der Waals surface area (Å²) in [5, 5.41) is 19.9. The smallest absolute Gasteiger partial charge is 0.324 e. The lowest BCUT2D eigenvalue weighted by atomic mass is 10.3. The Kier molecular flexibility index (Phi) is 4.87. The second-order valence-corrected chi connectivity index (χ2v) is 5.66. The Hall–Kier alpha value is -1.91. The van der Waals surface area contributed by atoms with Gasteiger partial charge in [-0.05, 0) is 6.07 Å². The molecule has 0 saturated heterocycles. The van der Waals surface area contributed by atoms with E-state index in [2.05, 4.69) is 5.32 Å². The molecule has 0 radical (unpaired) electrons. The first-order valence-electron chi connectivity index (χ1n) is 5.47. The SMILES string of the molecule is CNC(=O)c1cc(S(=O)(=O)N[C@H](CO)C(=O)O)cn1C. The maximum Gasteiger partial charge on any atom is 0.324 e. The van der Waals surface area contributed by atoms with E-state index in [1.807, 2.05) is 4.72 Å². The van der Waals surface area contributed by atoms with Crippen molar-refractivity contribution in [2.45, 2.75) is 10.9 Å². The van der Waals surface area contributed by atoms with Gasteiger partial charge in [-0.15, -0.1) is 0 Å². The van der Waals surface area contributed by atoms with Crippen LogP contribution in [-0.4, -0.2) is 54.8 Å². The molecule has 0 aliphatic carbocycles. The summed E-state index contributed by atoms with van der Waals surface area (Å²) >= 11 is 0. The summed E-state index contributed by atoms with van der Waals surface area (Å²) in [6, 6.07) is -0.541. The molecule has 0 bridgehead atoms. The summed E-state index contributed by atoms with van der Waals surface area (Å²) in [6.07, 6.45) is 1.17. The average molecular weight is 305 g/mol. The molecule has 10 heteroatoms. The summed E-state index contributed by atoms with van der Waals surface area (Å²) in [7, 11) is -1.28. The van der Waals surface area contributed by atoms with Gasteiger partial charge in [0.25, 0.3) is 5.91 Å². The average Bonchev–Trinajstić information content (AvgIpc) is 2.77. The number of aryl methyl sites for hydroxylation is 1. The van der Waals surface area contributed by atoms with E-state index in [0.29, 0.717) is 0 Å². The number of aliphatic hydroxyl groups is 1. The summed E-state index contributed by atoms with van der Waals surface area (Å²) in [4.78, 5) is 21.9. The van der Waals surface area contributed by atoms with Crippen LogP contribution in [0.3, 0.4) is 0 Å². The van der Waals surface area contributed by atoms with Gasteiger partial charge < -0.3 is 20.1 Å². The quantitative estimate of drug-likeness (QED) is 0.485. The molecule has 0 saturated carbocycles. The van der Waals surface area contributed by atoms with E-state index >= 15 is 0 Å². The number of aliphatic carboxylic acids is 1. The van der Waals surface area contributed by atoms with Crippen molar-refractivity contribution >= 4 is 21.9 Å². The minimum absolute atomic E-state index is 0.101. The number of carboxylic acids is 1. The summed E-state index contributed by atoms with van der Waals surface area (Å²) in [5.41, 5.74) is 0.101. The Morgan fingerprint density at radius 3 is 2.50 bits per heavy atom. The molecule has 0 aliphatic heterocycles. The second kappa shape index (κ2) is 6.03. The molecule has 0 spiro atoms. The number of amides is 1. The normalized spacial score (nSPS) is 12.9. The monoisotopic (exact) mass is 305 g/mol. The second-order valence-electron chi connectivity index (χ2n) is 3.95. The van der Waals surface area contributed by atoms with Crippen LogP contribution < -0.4 is 10.0 Å². The number of hydrogen-bond donors (Lipinski definition) is 4. The number of rotatable bonds is 6. The van der Waals surface area contributed by atoms with Gasteiger partial charge in [-0.3, -0.25) is 9.59 Å². The molecule has 4 N–H and O–H groups in total. The highest BCUT2D eigenvalue weighted by atomic mass is 32.2. The molecular formula is C10H15N3O6S. The van der Waals surface area contributed by atoms with Gasteiger partial charge in [0.2, 0.25) is 10.0 Å². The van der Waals surface area contributed by atoms with Gasteiger partial charge in [0.15, 0.2) is 0 Å². The van der Waals surface area contributed by atoms with Crippen molar-refractivity contribution in [3.8, 4) is 0 Å². The minimum atomic E-state index is -4.15. The van der Waals surface area contributed by atoms with E-state index in [4.69, 9.17) is 10.2 Å². The maximum absolute atomic E-state index is 12.0. The fraction of sp³-hybridized carbons (Fsp3) is 0.400. The van der Waals surface area contributed by atoms with Crippen molar-refractivity contribution < 1.29 is 28.2 Å². The Bertz CT molecular complexity index is 621. The number of nitrogens with one attached hydrogen (secondary N) is 2. The zero-order chi connectivity index (χ0) is 15.5. The number of hydrogen-bond acceptors (Lipinski definition) is 5. The Balaban J connectivity index is 3.11. The van der Waals surface area contributed by atoms with Crippen LogP contribution >= 0.6 is 0 Å². The van der Waals surface area contributed by atoms with Gasteiger partial charge in [0.1, 0.15) is 16.6 Å². The van der Waals surface area contributed by atoms with Gasteiger partial charge in [0, 0.05) is 20.3 Å². The standard InChI is InChI=1S/C10H15N3O6S/c1-11-9(15)8-3-6(4-13(8)2)20(18,19)12-7(5-14)10(16)17/h3-4,7,12,14H,5H2,1-2H3,(H,11,15)(H,16,17)/t7-/m1/s1. The molecule has 112 valence electrons. The van der Waals surface area contributed by atoms with Gasteiger partial charge in [-0.2, -0.15) is 4.72 Å². The third-order valence-electron chi connectivity index (χ3n) is 2.53. The highest BCUT2D eigenvalue weighted by Crippen LogP contribution is 2.13. The molecule has 0 fully saturated rings. The van der Waals surface area contributed by atoms with Crippen LogP contribution in [0.2, 0.25) is 0 Å². The zero-order valence-electron chi connectivity index (χ0n) is 10.8. The minimum Gasteiger partial charge on any atom is -0.480 e. The van der Waals surface area contributed by atoms with Crippen LogP contribution in [-0.2, 0) is 21.9 Å². The van der Waals surface area contributed by atoms with Crippen molar-refractivity contribution in [2.75, 3.05) is 13.7 Å². The maximum atomic E-state index is 12.0. The Labute approximate surface area is 115 Å². The summed E-state index contributed by atoms with van der Waals surface area (Å²) in [5.74, 6) is -1.98. The first kappa shape index (κ1) is 16.1. The van der Waals surface area contributed by atoms with Crippen molar-refractivity contribution in [2.24, 2.45) is 7.05 Å². The molecule has 1 amide bonds. The largest absolute Gasteiger partial charge is 0.480 e. The van der Waals surface area contributed by atoms with Crippen LogP contribution in [0.1, 0.15) is 10.5 Å². The van der Waals surface area contributed by atoms with Crippen molar-refractivity contribution in [1.82, 2.24) is 14.6 Å². The highest BCUT2D eigenvalue weighted by molar-refractivity contribution is 7.89. The van der Waals surface area contributed by atoms with Crippen LogP contribution in [0.25, 0.3) is 0 Å². The van der Waals surface area contributed by atoms with E-state index in [1.165, 1.54) is 24.9 Å². The van der Waals surface area contributed by atoms with Crippen LogP contribution in [0.5, 0.6) is 0 Å². The fourth-order valence-corrected chi connectivity index (χ4v) is 2.71. The van der Waals surface area contributed by atoms with Crippen molar-refractivity contribution in [3.05, 3.63) is 18.0 Å². The Morgan fingerprint density at radius 2 is 2.05 bits per heavy atom. The number of aromatic nitrogens is 1. The molecule has 20 heavy (non-hydrogen) atoms. The van der Waals surface area contributed by atoms with E-state index in [1.54, 1.807) is 0 Å². The molecular weight excluding hydrogens is 290 g/mol. The first-order valence-corrected chi connectivity index (χ1v) is 6.95. The molecule has 1 heterocycles. The van der Waals surface area contributed by atoms with E-state index in [-0.39, 0.29) is 10.6 Å². The van der Waals surface area contributed by atoms with Crippen LogP contribution in [0.4, 0.5) is 0 Å². The lowest BCUT2D eigenvalue weighted by Crippen LogP contribution is -2.43. The summed E-state index contributed by atoms with van der Waals surface area (Å²) in [6.45, 7) is -0.885. The molecule has 0 aliphatic rings. The topological polar surface area (TPSA) is 138 Å². The first-order chi connectivity index (χ1) is 9.22. The molecule has 1 atom stereocenters. The third-order valence-corrected chi connectivity index (χ3v) is 3.97. The van der Waals surface area contributed by atoms with Gasteiger partial charge >= 0.3 is 5.97 Å². The Morgan fingerprint density at radius 1 is 1.45 bits per heavy atom. The lowest BCUT2D eigenvalue weighted by molar-refractivity contribution is -0.139. The highest BCUT2D eigenvalue weighted by Gasteiger charge is 2.26. The molecule has 9 nitrogen and oxygen atoms in total. The van der Waals surface area contributed by atoms with Crippen molar-refractivity contribution in [1.29, 1.82) is 0 Å². The van der Waals surface area contributed by atoms with E-state index < -0.39 is 34.5 Å². The predicted molar refractivity (Wildman–Crippen MR) is 67.6 cm³/mol. The zero-order valence-corrected chi connectivity index (χ0v) is 11.6. The van der Waals surface area contributed by atoms with Crippen LogP contribution in [0.15, 0.2) is 17.2 Å². The summed E-state index contributed by atoms with van der Waals surface area (Å²) < 4.78 is 27.0. The number of carbonyl (C=O) groups excluding carboxylic acids is 1. The van der Waals surface area contributed by atoms with Gasteiger partial charge in [0.05, 0.1) is 6.61 Å². The van der Waals surface area contributed by atoms with E-state index in [0.717, 1.165) is 6.07 Å². The molecule has 0 aromatic carbocycles. The van der Waals surface area contributed by atoms with E-state index in [9.17, 15) is 18.0 Å². The van der Waals surface area contributed by atoms with Gasteiger partial charge in [-0.25, -0.2) is 8.42 Å². The number of nitrogens with zero attached hydrogens (tertiary/aromatic N) is 1. The van der Waals surface area contributed by atoms with Gasteiger partial charge in [-0.1, -0.05) is 0 Å². The lowest BCUT2D eigenvalue weighted by Gasteiger charge is -2.10. The van der Waals surface area contributed by atoms with Crippen molar-refractivity contribution in [3.63, 3.8) is 0 Å². The molecule has 1 aromatic heterocycles. The third kappa shape index (κ3) is 3.35. The molecule has 1 rings (SSSR count). The number of aliphatic hydroxyl groups excluding tert-OH is 1. The van der Waals surface area contributed by atoms with Crippen LogP contribution in [0, 0.1) is 0 Å².